The molecule has 0 radical (unpaired) electrons. The van der Waals surface area contributed by atoms with Crippen molar-refractivity contribution in [2.45, 2.75) is 45.1 Å². The van der Waals surface area contributed by atoms with Gasteiger partial charge < -0.3 is 14.5 Å². The first-order valence-corrected chi connectivity index (χ1v) is 9.92. The van der Waals surface area contributed by atoms with Gasteiger partial charge in [-0.2, -0.15) is 0 Å². The van der Waals surface area contributed by atoms with Crippen molar-refractivity contribution in [2.24, 2.45) is 5.92 Å². The summed E-state index contributed by atoms with van der Waals surface area (Å²) < 4.78 is 5.29. The Kier molecular flexibility index (Phi) is 6.49. The second-order valence-electron chi connectivity index (χ2n) is 7.55. The first-order valence-electron chi connectivity index (χ1n) is 9.92. The predicted octanol–water partition coefficient (Wildman–Crippen LogP) is 2.76. The number of nitrogens with zero attached hydrogens (tertiary/aromatic N) is 3. The highest BCUT2D eigenvalue weighted by Gasteiger charge is 2.30. The summed E-state index contributed by atoms with van der Waals surface area (Å²) in [5.41, 5.74) is 0.651. The van der Waals surface area contributed by atoms with Crippen molar-refractivity contribution in [3.05, 3.63) is 34.4 Å². The van der Waals surface area contributed by atoms with Crippen molar-refractivity contribution in [2.75, 3.05) is 31.1 Å². The van der Waals surface area contributed by atoms with Gasteiger partial charge in [0.1, 0.15) is 5.69 Å². The normalized spacial score (nSPS) is 20.7. The molecule has 1 amide bonds. The lowest BCUT2D eigenvalue weighted by molar-refractivity contribution is -0.384. The van der Waals surface area contributed by atoms with Crippen LogP contribution in [-0.2, 0) is 14.3 Å². The van der Waals surface area contributed by atoms with Crippen LogP contribution in [0, 0.1) is 16.0 Å². The minimum atomic E-state index is -0.386. The number of nitro groups is 1. The molecule has 28 heavy (non-hydrogen) atoms. The molecule has 152 valence electrons. The van der Waals surface area contributed by atoms with Gasteiger partial charge in [0.25, 0.3) is 11.6 Å². The topological polar surface area (TPSA) is 93.0 Å². The zero-order valence-electron chi connectivity index (χ0n) is 16.2. The summed E-state index contributed by atoms with van der Waals surface area (Å²) in [6, 6.07) is 6.84. The van der Waals surface area contributed by atoms with Crippen molar-refractivity contribution >= 4 is 23.3 Å². The third-order valence-electron chi connectivity index (χ3n) is 5.71. The highest BCUT2D eigenvalue weighted by Crippen LogP contribution is 2.31. The molecule has 3 rings (SSSR count). The Morgan fingerprint density at radius 2 is 1.86 bits per heavy atom. The molecule has 0 N–H and O–H groups in total. The molecule has 2 heterocycles. The van der Waals surface area contributed by atoms with E-state index in [0.717, 1.165) is 25.8 Å². The largest absolute Gasteiger partial charge is 0.455 e. The van der Waals surface area contributed by atoms with Gasteiger partial charge >= 0.3 is 5.97 Å². The van der Waals surface area contributed by atoms with Crippen LogP contribution in [0.4, 0.5) is 11.4 Å². The van der Waals surface area contributed by atoms with Crippen molar-refractivity contribution < 1.29 is 19.2 Å². The Labute approximate surface area is 164 Å². The predicted molar refractivity (Wildman–Crippen MR) is 104 cm³/mol. The number of ether oxygens (including phenoxy) is 1. The first-order chi connectivity index (χ1) is 13.5. The van der Waals surface area contributed by atoms with E-state index in [9.17, 15) is 19.7 Å². The quantitative estimate of drug-likeness (QED) is 0.437. The fourth-order valence-electron chi connectivity index (χ4n) is 4.04. The highest BCUT2D eigenvalue weighted by molar-refractivity contribution is 5.81. The van der Waals surface area contributed by atoms with E-state index in [4.69, 9.17) is 4.74 Å². The minimum Gasteiger partial charge on any atom is -0.455 e. The van der Waals surface area contributed by atoms with E-state index >= 15 is 0 Å². The standard InChI is InChI=1S/C20H27N3O5/c1-15-6-4-5-11-22(15)19(24)14-28-20(25)16-9-12-21(13-10-16)17-7-2-3-8-18(17)23(26)27/h2-3,7-8,15-16H,4-6,9-14H2,1H3/t15-/m0/s1. The van der Waals surface area contributed by atoms with Crippen LogP contribution in [0.25, 0.3) is 0 Å². The third-order valence-corrected chi connectivity index (χ3v) is 5.71. The molecule has 1 aromatic rings. The Morgan fingerprint density at radius 1 is 1.14 bits per heavy atom. The molecule has 8 nitrogen and oxygen atoms in total. The van der Waals surface area contributed by atoms with Gasteiger partial charge in [-0.3, -0.25) is 19.7 Å². The number of carbonyl (C=O) groups excluding carboxylic acids is 2. The van der Waals surface area contributed by atoms with E-state index in [2.05, 4.69) is 0 Å². The van der Waals surface area contributed by atoms with Gasteiger partial charge in [0.15, 0.2) is 6.61 Å². The summed E-state index contributed by atoms with van der Waals surface area (Å²) in [7, 11) is 0. The molecule has 0 spiro atoms. The van der Waals surface area contributed by atoms with Crippen molar-refractivity contribution in [3.63, 3.8) is 0 Å². The lowest BCUT2D eigenvalue weighted by atomic mass is 9.96. The molecule has 2 saturated heterocycles. The number of anilines is 1. The van der Waals surface area contributed by atoms with Crippen molar-refractivity contribution in [3.8, 4) is 0 Å². The van der Waals surface area contributed by atoms with Gasteiger partial charge in [0.05, 0.1) is 10.8 Å². The molecule has 2 fully saturated rings. The Morgan fingerprint density at radius 3 is 2.54 bits per heavy atom. The lowest BCUT2D eigenvalue weighted by Crippen LogP contribution is -2.44. The molecule has 2 aliphatic rings. The third kappa shape index (κ3) is 4.61. The Balaban J connectivity index is 1.49. The maximum Gasteiger partial charge on any atom is 0.309 e. The number of hydrogen-bond donors (Lipinski definition) is 0. The van der Waals surface area contributed by atoms with Crippen LogP contribution >= 0.6 is 0 Å². The van der Waals surface area contributed by atoms with E-state index < -0.39 is 0 Å². The van der Waals surface area contributed by atoms with Gasteiger partial charge in [-0.1, -0.05) is 12.1 Å². The van der Waals surface area contributed by atoms with Gasteiger partial charge in [0.2, 0.25) is 0 Å². The number of carbonyl (C=O) groups is 2. The van der Waals surface area contributed by atoms with E-state index in [-0.39, 0.29) is 41.1 Å². The number of amides is 1. The summed E-state index contributed by atoms with van der Waals surface area (Å²) >= 11 is 0. The summed E-state index contributed by atoms with van der Waals surface area (Å²) in [6.45, 7) is 3.64. The maximum atomic E-state index is 12.4. The molecule has 0 bridgehead atoms. The minimum absolute atomic E-state index is 0.0739. The maximum absolute atomic E-state index is 12.4. The number of hydrogen-bond acceptors (Lipinski definition) is 6. The Bertz CT molecular complexity index is 730. The van der Waals surface area contributed by atoms with Crippen LogP contribution < -0.4 is 4.90 Å². The van der Waals surface area contributed by atoms with E-state index in [1.807, 2.05) is 11.8 Å². The van der Waals surface area contributed by atoms with Crippen LogP contribution in [-0.4, -0.2) is 54.0 Å². The monoisotopic (exact) mass is 389 g/mol. The fourth-order valence-corrected chi connectivity index (χ4v) is 4.04. The average Bonchev–Trinajstić information content (AvgIpc) is 2.72. The van der Waals surface area contributed by atoms with Gasteiger partial charge in [-0.25, -0.2) is 0 Å². The molecule has 0 saturated carbocycles. The molecule has 1 atom stereocenters. The van der Waals surface area contributed by atoms with Crippen molar-refractivity contribution in [1.82, 2.24) is 4.90 Å². The number of benzene rings is 1. The zero-order valence-corrected chi connectivity index (χ0v) is 16.2. The molecule has 8 heteroatoms. The number of rotatable bonds is 5. The number of para-hydroxylation sites is 2. The molecule has 2 aliphatic heterocycles. The van der Waals surface area contributed by atoms with E-state index in [0.29, 0.717) is 31.6 Å². The zero-order chi connectivity index (χ0) is 20.1. The summed E-state index contributed by atoms with van der Waals surface area (Å²) in [5, 5.41) is 11.2. The average molecular weight is 389 g/mol. The fraction of sp³-hybridized carbons (Fsp3) is 0.600. The van der Waals surface area contributed by atoms with Crippen molar-refractivity contribution in [1.29, 1.82) is 0 Å². The summed E-state index contributed by atoms with van der Waals surface area (Å²) in [4.78, 5) is 39.2. The number of nitro benzene ring substituents is 1. The number of likely N-dealkylation sites (tertiary alicyclic amines) is 1. The summed E-state index contributed by atoms with van der Waals surface area (Å²) in [5.74, 6) is -0.747. The molecule has 0 unspecified atom stereocenters. The molecular weight excluding hydrogens is 362 g/mol. The van der Waals surface area contributed by atoms with Crippen LogP contribution in [0.1, 0.15) is 39.0 Å². The summed E-state index contributed by atoms with van der Waals surface area (Å²) in [6.07, 6.45) is 4.22. The van der Waals surface area contributed by atoms with Gasteiger partial charge in [0, 0.05) is 31.7 Å². The van der Waals surface area contributed by atoms with Gasteiger partial charge in [-0.15, -0.1) is 0 Å². The van der Waals surface area contributed by atoms with E-state index in [1.165, 1.54) is 6.07 Å². The number of esters is 1. The van der Waals surface area contributed by atoms with Gasteiger partial charge in [-0.05, 0) is 45.1 Å². The van der Waals surface area contributed by atoms with Crippen LogP contribution in [0.15, 0.2) is 24.3 Å². The second-order valence-corrected chi connectivity index (χ2v) is 7.55. The molecule has 0 aromatic heterocycles. The molecule has 1 aromatic carbocycles. The second kappa shape index (κ2) is 9.03. The van der Waals surface area contributed by atoms with Crippen LogP contribution in [0.2, 0.25) is 0 Å². The van der Waals surface area contributed by atoms with Crippen LogP contribution in [0.5, 0.6) is 0 Å². The Hall–Kier alpha value is -2.64. The first kappa shape index (κ1) is 20.1. The molecule has 0 aliphatic carbocycles. The highest BCUT2D eigenvalue weighted by atomic mass is 16.6. The molecular formula is C20H27N3O5. The number of piperidine rings is 2. The smallest absolute Gasteiger partial charge is 0.309 e. The van der Waals surface area contributed by atoms with E-state index in [1.54, 1.807) is 23.1 Å². The lowest BCUT2D eigenvalue weighted by Gasteiger charge is -2.34. The SMILES string of the molecule is C[C@H]1CCCCN1C(=O)COC(=O)C1CCN(c2ccccc2[N+](=O)[O-])CC1. The van der Waals surface area contributed by atoms with Crippen LogP contribution in [0.3, 0.4) is 0 Å².